The molecule has 4 rings (SSSR count). The summed E-state index contributed by atoms with van der Waals surface area (Å²) in [5.41, 5.74) is 1.72. The standard InChI is InChI=1S/C21H29N3O3S/c1-2-24-19-9-5-6-11-21(19,12-14-28(24,26)27)20(25)22-13-10-16-15-23-18-8-4-3-7-17(16)18/h3-4,7-8,15,19,23H,2,5-6,9-14H2,1H3,(H,22,25)/t19-,21-/m1/s1. The molecular formula is C21H29N3O3S. The number of rotatable bonds is 5. The van der Waals surface area contributed by atoms with Crippen molar-refractivity contribution in [2.24, 2.45) is 5.41 Å². The molecule has 2 fully saturated rings. The largest absolute Gasteiger partial charge is 0.361 e. The normalized spacial score (nSPS) is 27.4. The Labute approximate surface area is 166 Å². The van der Waals surface area contributed by atoms with E-state index in [0.29, 0.717) is 19.5 Å². The highest BCUT2D eigenvalue weighted by molar-refractivity contribution is 7.89. The summed E-state index contributed by atoms with van der Waals surface area (Å²) in [5, 5.41) is 4.33. The predicted molar refractivity (Wildman–Crippen MR) is 110 cm³/mol. The highest BCUT2D eigenvalue weighted by Gasteiger charge is 2.54. The Bertz CT molecular complexity index is 968. The Kier molecular flexibility index (Phi) is 5.22. The summed E-state index contributed by atoms with van der Waals surface area (Å²) in [4.78, 5) is 16.5. The first-order chi connectivity index (χ1) is 13.5. The third-order valence-electron chi connectivity index (χ3n) is 6.62. The molecule has 0 spiro atoms. The highest BCUT2D eigenvalue weighted by atomic mass is 32.2. The van der Waals surface area contributed by atoms with Crippen molar-refractivity contribution in [2.45, 2.75) is 51.5 Å². The number of benzene rings is 1. The van der Waals surface area contributed by atoms with E-state index in [1.54, 1.807) is 4.31 Å². The Morgan fingerprint density at radius 3 is 2.93 bits per heavy atom. The predicted octanol–water partition coefficient (Wildman–Crippen LogP) is 2.81. The van der Waals surface area contributed by atoms with Gasteiger partial charge in [0.2, 0.25) is 15.9 Å². The summed E-state index contributed by atoms with van der Waals surface area (Å²) >= 11 is 0. The van der Waals surface area contributed by atoms with Crippen molar-refractivity contribution in [3.05, 3.63) is 36.0 Å². The number of fused-ring (bicyclic) bond motifs is 2. The van der Waals surface area contributed by atoms with Crippen LogP contribution in [-0.4, -0.2) is 48.5 Å². The van der Waals surface area contributed by atoms with Crippen molar-refractivity contribution in [3.8, 4) is 0 Å². The van der Waals surface area contributed by atoms with Crippen LogP contribution in [0.5, 0.6) is 0 Å². The topological polar surface area (TPSA) is 82.3 Å². The number of H-pyrrole nitrogens is 1. The first-order valence-corrected chi connectivity index (χ1v) is 11.9. The fraction of sp³-hybridized carbons (Fsp3) is 0.571. The second-order valence-electron chi connectivity index (χ2n) is 8.05. The molecule has 1 saturated heterocycles. The zero-order valence-electron chi connectivity index (χ0n) is 16.4. The molecular weight excluding hydrogens is 374 g/mol. The third kappa shape index (κ3) is 3.24. The summed E-state index contributed by atoms with van der Waals surface area (Å²) in [7, 11) is -3.25. The first-order valence-electron chi connectivity index (χ1n) is 10.3. The second kappa shape index (κ2) is 7.52. The van der Waals surface area contributed by atoms with E-state index in [9.17, 15) is 13.2 Å². The zero-order chi connectivity index (χ0) is 19.8. The van der Waals surface area contributed by atoms with Gasteiger partial charge in [-0.25, -0.2) is 8.42 Å². The molecule has 1 aliphatic carbocycles. The molecule has 152 valence electrons. The molecule has 1 aromatic carbocycles. The van der Waals surface area contributed by atoms with Crippen molar-refractivity contribution >= 4 is 26.8 Å². The number of nitrogens with zero attached hydrogens (tertiary/aromatic N) is 1. The van der Waals surface area contributed by atoms with Crippen LogP contribution in [-0.2, 0) is 21.2 Å². The van der Waals surface area contributed by atoms with Gasteiger partial charge in [0, 0.05) is 36.2 Å². The van der Waals surface area contributed by atoms with E-state index < -0.39 is 15.4 Å². The van der Waals surface area contributed by atoms with Gasteiger partial charge < -0.3 is 10.3 Å². The van der Waals surface area contributed by atoms with E-state index in [1.165, 1.54) is 10.9 Å². The number of carbonyl (C=O) groups is 1. The average molecular weight is 404 g/mol. The molecule has 6 nitrogen and oxygen atoms in total. The molecule has 2 heterocycles. The van der Waals surface area contributed by atoms with Crippen molar-refractivity contribution in [2.75, 3.05) is 18.8 Å². The van der Waals surface area contributed by atoms with Gasteiger partial charge in [0.25, 0.3) is 0 Å². The van der Waals surface area contributed by atoms with E-state index in [1.807, 2.05) is 31.3 Å². The fourth-order valence-electron chi connectivity index (χ4n) is 5.18. The van der Waals surface area contributed by atoms with Crippen LogP contribution in [0.25, 0.3) is 10.9 Å². The molecule has 2 aliphatic rings. The Morgan fingerprint density at radius 1 is 1.29 bits per heavy atom. The lowest BCUT2D eigenvalue weighted by molar-refractivity contribution is -0.137. The minimum Gasteiger partial charge on any atom is -0.361 e. The molecule has 2 aromatic rings. The number of carbonyl (C=O) groups excluding carboxylic acids is 1. The molecule has 28 heavy (non-hydrogen) atoms. The maximum absolute atomic E-state index is 13.3. The Morgan fingerprint density at radius 2 is 2.11 bits per heavy atom. The van der Waals surface area contributed by atoms with Crippen LogP contribution in [0.3, 0.4) is 0 Å². The quantitative estimate of drug-likeness (QED) is 0.805. The molecule has 2 N–H and O–H groups in total. The number of aromatic amines is 1. The van der Waals surface area contributed by atoms with E-state index >= 15 is 0 Å². The summed E-state index contributed by atoms with van der Waals surface area (Å²) < 4.78 is 26.6. The van der Waals surface area contributed by atoms with Crippen molar-refractivity contribution in [3.63, 3.8) is 0 Å². The Hall–Kier alpha value is -1.86. The van der Waals surface area contributed by atoms with Crippen molar-refractivity contribution in [1.29, 1.82) is 0 Å². The molecule has 1 aromatic heterocycles. The van der Waals surface area contributed by atoms with Crippen molar-refractivity contribution in [1.82, 2.24) is 14.6 Å². The molecule has 2 atom stereocenters. The van der Waals surface area contributed by atoms with Crippen LogP contribution in [0, 0.1) is 5.41 Å². The third-order valence-corrected chi connectivity index (χ3v) is 8.57. The fourth-order valence-corrected chi connectivity index (χ4v) is 7.12. The average Bonchev–Trinajstić information content (AvgIpc) is 3.11. The van der Waals surface area contributed by atoms with Gasteiger partial charge in [-0.1, -0.05) is 38.0 Å². The number of sulfonamides is 1. The zero-order valence-corrected chi connectivity index (χ0v) is 17.2. The maximum Gasteiger partial charge on any atom is 0.227 e. The summed E-state index contributed by atoms with van der Waals surface area (Å²) in [6.45, 7) is 2.88. The van der Waals surface area contributed by atoms with Crippen LogP contribution >= 0.6 is 0 Å². The second-order valence-corrected chi connectivity index (χ2v) is 10.1. The molecule has 0 radical (unpaired) electrons. The van der Waals surface area contributed by atoms with Crippen LogP contribution < -0.4 is 5.32 Å². The van der Waals surface area contributed by atoms with Crippen LogP contribution in [0.15, 0.2) is 30.5 Å². The van der Waals surface area contributed by atoms with Crippen molar-refractivity contribution < 1.29 is 13.2 Å². The lowest BCUT2D eigenvalue weighted by Crippen LogP contribution is -2.62. The lowest BCUT2D eigenvalue weighted by Gasteiger charge is -2.50. The summed E-state index contributed by atoms with van der Waals surface area (Å²) in [5.74, 6) is 0.109. The number of hydrogen-bond donors (Lipinski definition) is 2. The molecule has 7 heteroatoms. The summed E-state index contributed by atoms with van der Waals surface area (Å²) in [6.07, 6.45) is 6.74. The number of hydrogen-bond acceptors (Lipinski definition) is 3. The van der Waals surface area contributed by atoms with Gasteiger partial charge in [0.1, 0.15) is 0 Å². The van der Waals surface area contributed by atoms with Gasteiger partial charge >= 0.3 is 0 Å². The van der Waals surface area contributed by atoms with Crippen LogP contribution in [0.1, 0.15) is 44.6 Å². The van der Waals surface area contributed by atoms with Gasteiger partial charge in [-0.05, 0) is 37.3 Å². The number of para-hydroxylation sites is 1. The monoisotopic (exact) mass is 403 g/mol. The van der Waals surface area contributed by atoms with Gasteiger partial charge in [0.15, 0.2) is 0 Å². The SMILES string of the molecule is CCN1[C@@H]2CCCC[C@@]2(C(=O)NCCc2c[nH]c3ccccc23)CCS1(=O)=O. The molecule has 0 unspecified atom stereocenters. The van der Waals surface area contributed by atoms with E-state index in [4.69, 9.17) is 0 Å². The van der Waals surface area contributed by atoms with Crippen LogP contribution in [0.2, 0.25) is 0 Å². The van der Waals surface area contributed by atoms with Gasteiger partial charge in [0.05, 0.1) is 11.2 Å². The lowest BCUT2D eigenvalue weighted by atomic mass is 9.67. The molecule has 1 saturated carbocycles. The smallest absolute Gasteiger partial charge is 0.227 e. The summed E-state index contributed by atoms with van der Waals surface area (Å²) in [6, 6.07) is 7.96. The first kappa shape index (κ1) is 19.5. The highest BCUT2D eigenvalue weighted by Crippen LogP contribution is 2.46. The number of aromatic nitrogens is 1. The van der Waals surface area contributed by atoms with Gasteiger partial charge in [-0.3, -0.25) is 4.79 Å². The number of nitrogens with one attached hydrogen (secondary N) is 2. The van der Waals surface area contributed by atoms with E-state index in [-0.39, 0.29) is 17.7 Å². The maximum atomic E-state index is 13.3. The van der Waals surface area contributed by atoms with Gasteiger partial charge in [-0.2, -0.15) is 4.31 Å². The minimum absolute atomic E-state index is 0.0328. The molecule has 1 aliphatic heterocycles. The van der Waals surface area contributed by atoms with E-state index in [2.05, 4.69) is 16.4 Å². The van der Waals surface area contributed by atoms with Gasteiger partial charge in [-0.15, -0.1) is 0 Å². The molecule has 1 amide bonds. The molecule has 0 bridgehead atoms. The van der Waals surface area contributed by atoms with E-state index in [0.717, 1.165) is 37.6 Å². The Balaban J connectivity index is 1.48. The number of amides is 1. The minimum atomic E-state index is -3.25. The van der Waals surface area contributed by atoms with Crippen LogP contribution in [0.4, 0.5) is 0 Å².